The number of carbonyl (C=O) groups is 2. The Kier molecular flexibility index (Phi) is 7.30. The Morgan fingerprint density at radius 1 is 1.22 bits per heavy atom. The van der Waals surface area contributed by atoms with Crippen LogP contribution in [0, 0.1) is 13.8 Å². The number of hydrogen-bond acceptors (Lipinski definition) is 5. The molecule has 0 aliphatic heterocycles. The summed E-state index contributed by atoms with van der Waals surface area (Å²) in [6.45, 7) is 4.32. The maximum absolute atomic E-state index is 12.3. The maximum atomic E-state index is 12.3. The summed E-state index contributed by atoms with van der Waals surface area (Å²) in [4.78, 5) is 25.4. The Hall–Kier alpha value is -2.47. The molecule has 0 radical (unpaired) electrons. The van der Waals surface area contributed by atoms with Crippen LogP contribution in [0.25, 0.3) is 0 Å². The minimum atomic E-state index is -0.453. The number of halogens is 1. The molecule has 1 aromatic carbocycles. The second-order valence-electron chi connectivity index (χ2n) is 6.29. The monoisotopic (exact) mass is 393 g/mol. The molecular weight excluding hydrogens is 370 g/mol. The first-order valence-electron chi connectivity index (χ1n) is 8.62. The van der Waals surface area contributed by atoms with E-state index >= 15 is 0 Å². The van der Waals surface area contributed by atoms with Gasteiger partial charge in [-0.1, -0.05) is 11.6 Å². The van der Waals surface area contributed by atoms with Crippen molar-refractivity contribution in [3.63, 3.8) is 0 Å². The van der Waals surface area contributed by atoms with Crippen molar-refractivity contribution in [3.05, 3.63) is 51.9 Å². The second-order valence-corrected chi connectivity index (χ2v) is 6.69. The van der Waals surface area contributed by atoms with Crippen molar-refractivity contribution >= 4 is 23.5 Å². The highest BCUT2D eigenvalue weighted by Gasteiger charge is 2.17. The van der Waals surface area contributed by atoms with Crippen molar-refractivity contribution in [1.29, 1.82) is 0 Å². The summed E-state index contributed by atoms with van der Waals surface area (Å²) in [6.07, 6.45) is 0.946. The van der Waals surface area contributed by atoms with Crippen LogP contribution in [-0.4, -0.2) is 37.5 Å². The van der Waals surface area contributed by atoms with Gasteiger partial charge in [0.05, 0.1) is 20.3 Å². The average Bonchev–Trinajstić information content (AvgIpc) is 3.00. The zero-order valence-electron chi connectivity index (χ0n) is 16.0. The Labute approximate surface area is 164 Å². The van der Waals surface area contributed by atoms with Crippen LogP contribution in [0.5, 0.6) is 5.75 Å². The van der Waals surface area contributed by atoms with Gasteiger partial charge in [0.15, 0.2) is 0 Å². The van der Waals surface area contributed by atoms with E-state index in [0.29, 0.717) is 41.6 Å². The van der Waals surface area contributed by atoms with E-state index in [4.69, 9.17) is 25.5 Å². The molecule has 0 saturated carbocycles. The molecule has 2 aromatic rings. The summed E-state index contributed by atoms with van der Waals surface area (Å²) in [5, 5.41) is 0.697. The molecule has 27 heavy (non-hydrogen) atoms. The molecule has 6 nitrogen and oxygen atoms in total. The molecule has 0 saturated heterocycles. The molecule has 0 fully saturated rings. The van der Waals surface area contributed by atoms with E-state index in [0.717, 1.165) is 11.3 Å². The average molecular weight is 394 g/mol. The van der Waals surface area contributed by atoms with E-state index in [1.165, 1.54) is 7.11 Å². The Bertz CT molecular complexity index is 815. The largest absolute Gasteiger partial charge is 0.494 e. The number of amides is 1. The van der Waals surface area contributed by atoms with Crippen LogP contribution in [0.4, 0.5) is 0 Å². The van der Waals surface area contributed by atoms with Crippen LogP contribution >= 0.6 is 11.6 Å². The predicted molar refractivity (Wildman–Crippen MR) is 102 cm³/mol. The fourth-order valence-corrected chi connectivity index (χ4v) is 2.68. The lowest BCUT2D eigenvalue weighted by atomic mass is 10.2. The van der Waals surface area contributed by atoms with Gasteiger partial charge in [0.25, 0.3) is 0 Å². The molecule has 0 bridgehead atoms. The molecule has 0 unspecified atom stereocenters. The quantitative estimate of drug-likeness (QED) is 0.497. The topological polar surface area (TPSA) is 69.0 Å². The number of furan rings is 1. The number of rotatable bonds is 8. The van der Waals surface area contributed by atoms with E-state index in [9.17, 15) is 9.59 Å². The highest BCUT2D eigenvalue weighted by atomic mass is 35.5. The lowest BCUT2D eigenvalue weighted by molar-refractivity contribution is -0.130. The number of hydrogen-bond donors (Lipinski definition) is 0. The summed E-state index contributed by atoms with van der Waals surface area (Å²) in [7, 11) is 3.01. The summed E-state index contributed by atoms with van der Waals surface area (Å²) >= 11 is 5.98. The number of ether oxygens (including phenoxy) is 2. The Balaban J connectivity index is 1.78. The Morgan fingerprint density at radius 3 is 2.63 bits per heavy atom. The van der Waals surface area contributed by atoms with Crippen LogP contribution in [0.1, 0.15) is 40.3 Å². The van der Waals surface area contributed by atoms with Gasteiger partial charge in [0.1, 0.15) is 22.8 Å². The van der Waals surface area contributed by atoms with Crippen LogP contribution < -0.4 is 4.74 Å². The smallest absolute Gasteiger partial charge is 0.341 e. The molecule has 1 amide bonds. The van der Waals surface area contributed by atoms with Crippen molar-refractivity contribution in [2.45, 2.75) is 33.2 Å². The molecule has 0 atom stereocenters. The molecule has 0 aliphatic rings. The first-order chi connectivity index (χ1) is 12.8. The minimum Gasteiger partial charge on any atom is -0.494 e. The maximum Gasteiger partial charge on any atom is 0.341 e. The fourth-order valence-electron chi connectivity index (χ4n) is 2.57. The van der Waals surface area contributed by atoms with Crippen molar-refractivity contribution in [3.8, 4) is 5.75 Å². The van der Waals surface area contributed by atoms with Gasteiger partial charge < -0.3 is 18.8 Å². The molecule has 7 heteroatoms. The molecule has 0 aliphatic carbocycles. The molecule has 1 heterocycles. The van der Waals surface area contributed by atoms with Crippen molar-refractivity contribution in [2.24, 2.45) is 0 Å². The number of nitrogens with zero attached hydrogens (tertiary/aromatic N) is 1. The highest BCUT2D eigenvalue weighted by molar-refractivity contribution is 6.31. The number of benzene rings is 1. The lowest BCUT2D eigenvalue weighted by Crippen LogP contribution is -2.26. The number of carbonyl (C=O) groups excluding carboxylic acids is 2. The summed E-state index contributed by atoms with van der Waals surface area (Å²) in [6, 6.07) is 7.08. The molecular formula is C20H24ClNO5. The predicted octanol–water partition coefficient (Wildman–Crippen LogP) is 4.15. The van der Waals surface area contributed by atoms with Crippen molar-refractivity contribution in [2.75, 3.05) is 20.8 Å². The minimum absolute atomic E-state index is 0.0282. The van der Waals surface area contributed by atoms with Gasteiger partial charge in [-0.25, -0.2) is 4.79 Å². The number of esters is 1. The van der Waals surface area contributed by atoms with E-state index in [-0.39, 0.29) is 12.5 Å². The van der Waals surface area contributed by atoms with Gasteiger partial charge in [-0.05, 0) is 50.1 Å². The van der Waals surface area contributed by atoms with Gasteiger partial charge >= 0.3 is 5.97 Å². The zero-order valence-corrected chi connectivity index (χ0v) is 16.8. The van der Waals surface area contributed by atoms with Crippen LogP contribution in [-0.2, 0) is 16.1 Å². The van der Waals surface area contributed by atoms with Gasteiger partial charge in [-0.15, -0.1) is 0 Å². The molecule has 1 aromatic heterocycles. The second kappa shape index (κ2) is 9.46. The Morgan fingerprint density at radius 2 is 1.96 bits per heavy atom. The van der Waals surface area contributed by atoms with Crippen LogP contribution in [0.3, 0.4) is 0 Å². The highest BCUT2D eigenvalue weighted by Crippen LogP contribution is 2.21. The first-order valence-corrected chi connectivity index (χ1v) is 9.00. The van der Waals surface area contributed by atoms with E-state index < -0.39 is 5.97 Å². The fraction of sp³-hybridized carbons (Fsp3) is 0.400. The van der Waals surface area contributed by atoms with Crippen LogP contribution in [0.15, 0.2) is 28.7 Å². The van der Waals surface area contributed by atoms with Crippen molar-refractivity contribution < 1.29 is 23.5 Å². The standard InChI is InChI=1S/C20H24ClNO5/c1-13-10-15(7-8-18(13)21)26-9-5-6-19(23)22(3)12-16-11-17(14(2)27-16)20(24)25-4/h7-8,10-11H,5-6,9,12H2,1-4H3. The summed E-state index contributed by atoms with van der Waals surface area (Å²) < 4.78 is 15.9. The van der Waals surface area contributed by atoms with Gasteiger partial charge in [0.2, 0.25) is 5.91 Å². The van der Waals surface area contributed by atoms with Crippen LogP contribution in [0.2, 0.25) is 5.02 Å². The number of aryl methyl sites for hydroxylation is 2. The SMILES string of the molecule is COC(=O)c1cc(CN(C)C(=O)CCCOc2ccc(Cl)c(C)c2)oc1C. The van der Waals surface area contributed by atoms with Gasteiger partial charge in [-0.3, -0.25) is 4.79 Å². The van der Waals surface area contributed by atoms with E-state index in [1.807, 2.05) is 13.0 Å². The molecule has 0 spiro atoms. The normalized spacial score (nSPS) is 10.6. The first kappa shape index (κ1) is 20.8. The summed E-state index contributed by atoms with van der Waals surface area (Å²) in [5.41, 5.74) is 1.32. The van der Waals surface area contributed by atoms with Crippen molar-refractivity contribution in [1.82, 2.24) is 4.90 Å². The number of methoxy groups -OCH3 is 1. The third kappa shape index (κ3) is 5.76. The third-order valence-electron chi connectivity index (χ3n) is 4.13. The molecule has 0 N–H and O–H groups in total. The zero-order chi connectivity index (χ0) is 20.0. The molecule has 2 rings (SSSR count). The molecule has 146 valence electrons. The lowest BCUT2D eigenvalue weighted by Gasteiger charge is -2.15. The van der Waals surface area contributed by atoms with E-state index in [2.05, 4.69) is 0 Å². The summed E-state index contributed by atoms with van der Waals surface area (Å²) in [5.74, 6) is 1.27. The van der Waals surface area contributed by atoms with E-state index in [1.54, 1.807) is 37.1 Å². The van der Waals surface area contributed by atoms with Gasteiger partial charge in [0, 0.05) is 18.5 Å². The third-order valence-corrected chi connectivity index (χ3v) is 4.55. The van der Waals surface area contributed by atoms with Gasteiger partial charge in [-0.2, -0.15) is 0 Å².